The van der Waals surface area contributed by atoms with Crippen LogP contribution in [-0.4, -0.2) is 21.0 Å². The van der Waals surface area contributed by atoms with Gasteiger partial charge in [0.15, 0.2) is 0 Å². The number of amides is 2. The topological polar surface area (TPSA) is 89.8 Å². The predicted molar refractivity (Wildman–Crippen MR) is 139 cm³/mol. The quantitative estimate of drug-likeness (QED) is 0.163. The molecule has 0 saturated carbocycles. The molecule has 36 heavy (non-hydrogen) atoms. The monoisotopic (exact) mass is 496 g/mol. The van der Waals surface area contributed by atoms with Gasteiger partial charge in [0.05, 0.1) is 16.4 Å². The summed E-state index contributed by atoms with van der Waals surface area (Å²) in [6, 6.07) is 27.4. The molecule has 0 atom stereocenters. The number of fused-ring (bicyclic) bond motifs is 1. The van der Waals surface area contributed by atoms with Crippen molar-refractivity contribution in [2.75, 3.05) is 0 Å². The van der Waals surface area contributed by atoms with E-state index in [0.717, 1.165) is 38.6 Å². The second kappa shape index (κ2) is 10.1. The Bertz CT molecular complexity index is 1490. The van der Waals surface area contributed by atoms with E-state index >= 15 is 0 Å². The summed E-state index contributed by atoms with van der Waals surface area (Å²) in [7, 11) is 0. The van der Waals surface area contributed by atoms with E-state index in [2.05, 4.69) is 18.2 Å². The zero-order valence-corrected chi connectivity index (χ0v) is 19.8. The van der Waals surface area contributed by atoms with E-state index < -0.39 is 4.92 Å². The summed E-state index contributed by atoms with van der Waals surface area (Å²) in [5, 5.41) is 12.8. The average molecular weight is 497 g/mol. The van der Waals surface area contributed by atoms with Crippen LogP contribution in [0, 0.1) is 10.1 Å². The minimum Gasteiger partial charge on any atom is -0.489 e. The molecule has 4 aromatic carbocycles. The van der Waals surface area contributed by atoms with E-state index in [-0.39, 0.29) is 23.4 Å². The van der Waals surface area contributed by atoms with E-state index in [1.165, 1.54) is 12.1 Å². The highest BCUT2D eigenvalue weighted by molar-refractivity contribution is 8.18. The number of benzene rings is 4. The lowest BCUT2D eigenvalue weighted by Crippen LogP contribution is -2.27. The Kier molecular flexibility index (Phi) is 6.51. The molecule has 178 valence electrons. The number of rotatable bonds is 7. The van der Waals surface area contributed by atoms with Gasteiger partial charge in [0, 0.05) is 12.1 Å². The van der Waals surface area contributed by atoms with Crippen molar-refractivity contribution in [1.82, 2.24) is 4.90 Å². The molecular weight excluding hydrogens is 476 g/mol. The van der Waals surface area contributed by atoms with E-state index in [4.69, 9.17) is 4.74 Å². The lowest BCUT2D eigenvalue weighted by atomic mass is 10.1. The maximum absolute atomic E-state index is 12.8. The van der Waals surface area contributed by atoms with Crippen molar-refractivity contribution < 1.29 is 19.2 Å². The number of imide groups is 1. The van der Waals surface area contributed by atoms with Gasteiger partial charge in [-0.2, -0.15) is 0 Å². The van der Waals surface area contributed by atoms with Gasteiger partial charge in [-0.05, 0) is 57.4 Å². The number of ether oxygens (including phenoxy) is 1. The van der Waals surface area contributed by atoms with Gasteiger partial charge in [-0.1, -0.05) is 66.7 Å². The van der Waals surface area contributed by atoms with Gasteiger partial charge in [0.2, 0.25) is 0 Å². The van der Waals surface area contributed by atoms with Gasteiger partial charge in [-0.25, -0.2) is 0 Å². The Morgan fingerprint density at radius 1 is 0.889 bits per heavy atom. The average Bonchev–Trinajstić information content (AvgIpc) is 3.15. The van der Waals surface area contributed by atoms with Crippen molar-refractivity contribution >= 4 is 45.4 Å². The highest BCUT2D eigenvalue weighted by atomic mass is 32.2. The number of carbonyl (C=O) groups is 2. The maximum atomic E-state index is 12.8. The fourth-order valence-corrected chi connectivity index (χ4v) is 4.77. The molecule has 0 aromatic heterocycles. The molecule has 0 aliphatic carbocycles. The molecule has 5 rings (SSSR count). The Labute approximate surface area is 211 Å². The standard InChI is InChI=1S/C28H20N2O5S/c31-27-26(36-28(32)29(27)17-20-8-12-23(13-9-20)30(33)34)16-19-10-14-24(15-11-19)35-18-22-6-3-5-21-4-1-2-7-25(21)22/h1-16H,17-18H2. The Morgan fingerprint density at radius 3 is 2.36 bits per heavy atom. The first kappa shape index (κ1) is 23.3. The second-order valence-corrected chi connectivity index (χ2v) is 9.18. The van der Waals surface area contributed by atoms with Crippen molar-refractivity contribution in [1.29, 1.82) is 0 Å². The van der Waals surface area contributed by atoms with E-state index in [1.807, 2.05) is 48.5 Å². The van der Waals surface area contributed by atoms with Crippen LogP contribution in [0.5, 0.6) is 5.75 Å². The van der Waals surface area contributed by atoms with Gasteiger partial charge in [-0.15, -0.1) is 0 Å². The van der Waals surface area contributed by atoms with Gasteiger partial charge >= 0.3 is 0 Å². The third-order valence-electron chi connectivity index (χ3n) is 5.81. The maximum Gasteiger partial charge on any atom is 0.293 e. The van der Waals surface area contributed by atoms with E-state index in [9.17, 15) is 19.7 Å². The number of nitro benzene ring substituents is 1. The molecule has 0 N–H and O–H groups in total. The lowest BCUT2D eigenvalue weighted by Gasteiger charge is -2.12. The first-order valence-corrected chi connectivity index (χ1v) is 12.0. The van der Waals surface area contributed by atoms with E-state index in [1.54, 1.807) is 18.2 Å². The summed E-state index contributed by atoms with van der Waals surface area (Å²) in [5.74, 6) is 0.311. The molecule has 0 radical (unpaired) electrons. The fraction of sp³-hybridized carbons (Fsp3) is 0.0714. The molecule has 1 aliphatic rings. The summed E-state index contributed by atoms with van der Waals surface area (Å²) in [6.45, 7) is 0.489. The van der Waals surface area contributed by atoms with Crippen LogP contribution in [0.3, 0.4) is 0 Å². The smallest absolute Gasteiger partial charge is 0.293 e. The van der Waals surface area contributed by atoms with Crippen molar-refractivity contribution in [2.24, 2.45) is 0 Å². The minimum atomic E-state index is -0.493. The normalized spacial score (nSPS) is 14.6. The number of hydrogen-bond donors (Lipinski definition) is 0. The summed E-state index contributed by atoms with van der Waals surface area (Å²) in [6.07, 6.45) is 1.68. The molecule has 1 aliphatic heterocycles. The molecule has 0 spiro atoms. The van der Waals surface area contributed by atoms with Crippen molar-refractivity contribution in [3.8, 4) is 5.75 Å². The Balaban J connectivity index is 1.24. The minimum absolute atomic E-state index is 0.0441. The molecule has 1 fully saturated rings. The summed E-state index contributed by atoms with van der Waals surface area (Å²) in [4.78, 5) is 37.0. The zero-order chi connectivity index (χ0) is 25.1. The van der Waals surface area contributed by atoms with Gasteiger partial charge in [0.25, 0.3) is 16.8 Å². The largest absolute Gasteiger partial charge is 0.489 e. The fourth-order valence-electron chi connectivity index (χ4n) is 3.93. The van der Waals surface area contributed by atoms with Crippen LogP contribution in [0.25, 0.3) is 16.8 Å². The highest BCUT2D eigenvalue weighted by Gasteiger charge is 2.35. The van der Waals surface area contributed by atoms with Gasteiger partial charge in [-0.3, -0.25) is 24.6 Å². The molecule has 7 nitrogen and oxygen atoms in total. The number of hydrogen-bond acceptors (Lipinski definition) is 6. The van der Waals surface area contributed by atoms with Gasteiger partial charge in [0.1, 0.15) is 12.4 Å². The number of thioether (sulfide) groups is 1. The predicted octanol–water partition coefficient (Wildman–Crippen LogP) is 6.56. The molecule has 8 heteroatoms. The molecule has 1 saturated heterocycles. The van der Waals surface area contributed by atoms with Crippen LogP contribution >= 0.6 is 11.8 Å². The van der Waals surface area contributed by atoms with Crippen LogP contribution in [0.1, 0.15) is 16.7 Å². The van der Waals surface area contributed by atoms with Crippen LogP contribution in [-0.2, 0) is 17.9 Å². The molecule has 0 unspecified atom stereocenters. The number of non-ortho nitro benzene ring substituents is 1. The first-order chi connectivity index (χ1) is 17.5. The lowest BCUT2D eigenvalue weighted by molar-refractivity contribution is -0.384. The first-order valence-electron chi connectivity index (χ1n) is 11.2. The van der Waals surface area contributed by atoms with Crippen LogP contribution < -0.4 is 4.74 Å². The molecule has 4 aromatic rings. The number of carbonyl (C=O) groups excluding carboxylic acids is 2. The SMILES string of the molecule is O=C1SC(=Cc2ccc(OCc3cccc4ccccc34)cc2)C(=O)N1Cc1ccc([N+](=O)[O-])cc1. The summed E-state index contributed by atoms with van der Waals surface area (Å²) < 4.78 is 5.97. The summed E-state index contributed by atoms with van der Waals surface area (Å²) >= 11 is 0.876. The second-order valence-electron chi connectivity index (χ2n) is 8.19. The third-order valence-corrected chi connectivity index (χ3v) is 6.72. The Hall–Kier alpha value is -4.43. The van der Waals surface area contributed by atoms with Crippen molar-refractivity contribution in [3.05, 3.63) is 123 Å². The third kappa shape index (κ3) is 4.99. The van der Waals surface area contributed by atoms with Crippen molar-refractivity contribution in [3.63, 3.8) is 0 Å². The van der Waals surface area contributed by atoms with Crippen LogP contribution in [0.4, 0.5) is 10.5 Å². The van der Waals surface area contributed by atoms with Crippen LogP contribution in [0.15, 0.2) is 95.9 Å². The molecular formula is C28H20N2O5S. The summed E-state index contributed by atoms with van der Waals surface area (Å²) in [5.41, 5.74) is 2.46. The molecule has 2 amide bonds. The van der Waals surface area contributed by atoms with E-state index in [0.29, 0.717) is 22.8 Å². The van der Waals surface area contributed by atoms with Crippen LogP contribution in [0.2, 0.25) is 0 Å². The molecule has 1 heterocycles. The number of nitro groups is 1. The van der Waals surface area contributed by atoms with Gasteiger partial charge < -0.3 is 4.74 Å². The van der Waals surface area contributed by atoms with Crippen molar-refractivity contribution in [2.45, 2.75) is 13.2 Å². The molecule has 0 bridgehead atoms. The Morgan fingerprint density at radius 2 is 1.61 bits per heavy atom. The zero-order valence-electron chi connectivity index (χ0n) is 19.0. The number of nitrogens with zero attached hydrogens (tertiary/aromatic N) is 2. The highest BCUT2D eigenvalue weighted by Crippen LogP contribution is 2.33.